The van der Waals surface area contributed by atoms with Gasteiger partial charge in [-0.3, -0.25) is 14.6 Å². The van der Waals surface area contributed by atoms with E-state index in [2.05, 4.69) is 10.3 Å². The van der Waals surface area contributed by atoms with Crippen LogP contribution in [-0.2, 0) is 4.79 Å². The molecular formula is C19H21N3O3. The molecule has 3 rings (SSSR count). The number of carbonyl (C=O) groups is 2. The lowest BCUT2D eigenvalue weighted by Gasteiger charge is -2.32. The highest BCUT2D eigenvalue weighted by Gasteiger charge is 2.24. The average Bonchev–Trinajstić information content (AvgIpc) is 2.63. The molecule has 2 heterocycles. The summed E-state index contributed by atoms with van der Waals surface area (Å²) in [6.45, 7) is 2.78. The number of anilines is 1. The number of benzene rings is 1. The molecule has 130 valence electrons. The maximum Gasteiger partial charge on any atom is 0.253 e. The van der Waals surface area contributed by atoms with Crippen LogP contribution in [0.2, 0.25) is 0 Å². The van der Waals surface area contributed by atoms with Crippen molar-refractivity contribution in [2.45, 2.75) is 25.9 Å². The van der Waals surface area contributed by atoms with E-state index in [1.807, 2.05) is 17.0 Å². The van der Waals surface area contributed by atoms with Gasteiger partial charge in [-0.15, -0.1) is 0 Å². The van der Waals surface area contributed by atoms with Gasteiger partial charge in [0.05, 0.1) is 6.20 Å². The highest BCUT2D eigenvalue weighted by molar-refractivity contribution is 5.95. The van der Waals surface area contributed by atoms with E-state index in [-0.39, 0.29) is 17.9 Å². The lowest BCUT2D eigenvalue weighted by molar-refractivity contribution is -0.114. The smallest absolute Gasteiger partial charge is 0.253 e. The maximum absolute atomic E-state index is 12.6. The predicted molar refractivity (Wildman–Crippen MR) is 94.5 cm³/mol. The zero-order valence-corrected chi connectivity index (χ0v) is 14.1. The fraction of sp³-hybridized carbons (Fsp3) is 0.316. The molecule has 0 unspecified atom stereocenters. The second kappa shape index (κ2) is 7.79. The standard InChI is InChI=1S/C19H21N3O3/c1-14(23)21-16-6-4-15(5-7-16)19(24)22-11-8-17(9-12-22)25-18-3-2-10-20-13-18/h2-7,10,13,17H,8-9,11-12H2,1H3,(H,21,23). The van der Waals surface area contributed by atoms with Crippen molar-refractivity contribution in [2.75, 3.05) is 18.4 Å². The highest BCUT2D eigenvalue weighted by atomic mass is 16.5. The van der Waals surface area contributed by atoms with Crippen molar-refractivity contribution in [3.8, 4) is 5.75 Å². The molecule has 1 aliphatic rings. The lowest BCUT2D eigenvalue weighted by Crippen LogP contribution is -2.41. The van der Waals surface area contributed by atoms with Crippen LogP contribution in [0.1, 0.15) is 30.1 Å². The van der Waals surface area contributed by atoms with Crippen molar-refractivity contribution in [1.29, 1.82) is 0 Å². The first kappa shape index (κ1) is 17.0. The Morgan fingerprint density at radius 1 is 1.16 bits per heavy atom. The fourth-order valence-corrected chi connectivity index (χ4v) is 2.87. The van der Waals surface area contributed by atoms with Gasteiger partial charge in [0.2, 0.25) is 5.91 Å². The number of ether oxygens (including phenoxy) is 1. The predicted octanol–water partition coefficient (Wildman–Crippen LogP) is 2.72. The quantitative estimate of drug-likeness (QED) is 0.930. The number of amides is 2. The Morgan fingerprint density at radius 3 is 2.48 bits per heavy atom. The van der Waals surface area contributed by atoms with Crippen molar-refractivity contribution in [3.63, 3.8) is 0 Å². The van der Waals surface area contributed by atoms with Gasteiger partial charge in [-0.05, 0) is 36.4 Å². The number of hydrogen-bond donors (Lipinski definition) is 1. The maximum atomic E-state index is 12.6. The second-order valence-electron chi connectivity index (χ2n) is 6.06. The zero-order valence-electron chi connectivity index (χ0n) is 14.1. The first-order valence-corrected chi connectivity index (χ1v) is 8.35. The van der Waals surface area contributed by atoms with E-state index >= 15 is 0 Å². The Hall–Kier alpha value is -2.89. The molecule has 1 N–H and O–H groups in total. The van der Waals surface area contributed by atoms with E-state index in [9.17, 15) is 9.59 Å². The second-order valence-corrected chi connectivity index (χ2v) is 6.06. The first-order valence-electron chi connectivity index (χ1n) is 8.35. The molecule has 1 aromatic heterocycles. The third-order valence-electron chi connectivity index (χ3n) is 4.12. The molecule has 0 aliphatic carbocycles. The Balaban J connectivity index is 1.53. The topological polar surface area (TPSA) is 71.5 Å². The van der Waals surface area contributed by atoms with Crippen LogP contribution >= 0.6 is 0 Å². The van der Waals surface area contributed by atoms with Crippen LogP contribution in [0.3, 0.4) is 0 Å². The van der Waals surface area contributed by atoms with Crippen LogP contribution in [0, 0.1) is 0 Å². The number of carbonyl (C=O) groups excluding carboxylic acids is 2. The van der Waals surface area contributed by atoms with Gasteiger partial charge in [0.25, 0.3) is 5.91 Å². The number of nitrogens with zero attached hydrogens (tertiary/aromatic N) is 2. The number of likely N-dealkylation sites (tertiary alicyclic amines) is 1. The summed E-state index contributed by atoms with van der Waals surface area (Å²) in [4.78, 5) is 29.5. The number of aromatic nitrogens is 1. The summed E-state index contributed by atoms with van der Waals surface area (Å²) in [5.74, 6) is 0.643. The normalized spacial score (nSPS) is 14.8. The summed E-state index contributed by atoms with van der Waals surface area (Å²) in [7, 11) is 0. The molecule has 1 fully saturated rings. The molecule has 0 atom stereocenters. The number of piperidine rings is 1. The molecule has 2 aromatic rings. The van der Waals surface area contributed by atoms with Gasteiger partial charge < -0.3 is 15.0 Å². The molecule has 6 heteroatoms. The number of pyridine rings is 1. The minimum atomic E-state index is -0.130. The van der Waals surface area contributed by atoms with Crippen LogP contribution in [0.5, 0.6) is 5.75 Å². The van der Waals surface area contributed by atoms with Crippen LogP contribution in [0.25, 0.3) is 0 Å². The minimum Gasteiger partial charge on any atom is -0.489 e. The van der Waals surface area contributed by atoms with Gasteiger partial charge in [0.15, 0.2) is 0 Å². The monoisotopic (exact) mass is 339 g/mol. The van der Waals surface area contributed by atoms with E-state index in [1.165, 1.54) is 6.92 Å². The molecule has 1 aromatic carbocycles. The summed E-state index contributed by atoms with van der Waals surface area (Å²) in [6, 6.07) is 10.7. The first-order chi connectivity index (χ1) is 12.1. The molecule has 6 nitrogen and oxygen atoms in total. The molecule has 25 heavy (non-hydrogen) atoms. The Labute approximate surface area is 146 Å². The Morgan fingerprint density at radius 2 is 1.88 bits per heavy atom. The largest absolute Gasteiger partial charge is 0.489 e. The number of nitrogens with one attached hydrogen (secondary N) is 1. The van der Waals surface area contributed by atoms with Crippen molar-refractivity contribution in [3.05, 3.63) is 54.4 Å². The fourth-order valence-electron chi connectivity index (χ4n) is 2.87. The van der Waals surface area contributed by atoms with Crippen molar-refractivity contribution >= 4 is 17.5 Å². The number of rotatable bonds is 4. The van der Waals surface area contributed by atoms with Crippen LogP contribution in [0.15, 0.2) is 48.8 Å². The third kappa shape index (κ3) is 4.56. The van der Waals surface area contributed by atoms with E-state index in [0.29, 0.717) is 24.3 Å². The summed E-state index contributed by atoms with van der Waals surface area (Å²) in [6.07, 6.45) is 5.12. The highest BCUT2D eigenvalue weighted by Crippen LogP contribution is 2.20. The van der Waals surface area contributed by atoms with Gasteiger partial charge in [-0.25, -0.2) is 0 Å². The van der Waals surface area contributed by atoms with Crippen LogP contribution in [0.4, 0.5) is 5.69 Å². The molecule has 2 amide bonds. The summed E-state index contributed by atoms with van der Waals surface area (Å²) >= 11 is 0. The van der Waals surface area contributed by atoms with Gasteiger partial charge in [-0.2, -0.15) is 0 Å². The molecule has 0 spiro atoms. The summed E-state index contributed by atoms with van der Waals surface area (Å²) in [5, 5.41) is 2.69. The van der Waals surface area contributed by atoms with Gasteiger partial charge in [0.1, 0.15) is 11.9 Å². The summed E-state index contributed by atoms with van der Waals surface area (Å²) in [5.41, 5.74) is 1.31. The van der Waals surface area contributed by atoms with E-state index in [0.717, 1.165) is 18.6 Å². The Kier molecular flexibility index (Phi) is 5.28. The SMILES string of the molecule is CC(=O)Nc1ccc(C(=O)N2CCC(Oc3cccnc3)CC2)cc1. The van der Waals surface area contributed by atoms with Gasteiger partial charge in [-0.1, -0.05) is 0 Å². The lowest BCUT2D eigenvalue weighted by atomic mass is 10.1. The Bertz CT molecular complexity index is 723. The molecule has 0 saturated carbocycles. The van der Waals surface area contributed by atoms with Gasteiger partial charge >= 0.3 is 0 Å². The van der Waals surface area contributed by atoms with E-state index in [1.54, 1.807) is 36.7 Å². The third-order valence-corrected chi connectivity index (χ3v) is 4.12. The minimum absolute atomic E-state index is 0.00852. The van der Waals surface area contributed by atoms with Crippen LogP contribution < -0.4 is 10.1 Å². The molecular weight excluding hydrogens is 318 g/mol. The molecule has 0 radical (unpaired) electrons. The molecule has 0 bridgehead atoms. The van der Waals surface area contributed by atoms with Crippen molar-refractivity contribution < 1.29 is 14.3 Å². The average molecular weight is 339 g/mol. The molecule has 1 aliphatic heterocycles. The molecule has 1 saturated heterocycles. The van der Waals surface area contributed by atoms with E-state index < -0.39 is 0 Å². The van der Waals surface area contributed by atoms with E-state index in [4.69, 9.17) is 4.74 Å². The summed E-state index contributed by atoms with van der Waals surface area (Å²) < 4.78 is 5.90. The number of hydrogen-bond acceptors (Lipinski definition) is 4. The van der Waals surface area contributed by atoms with Crippen molar-refractivity contribution in [2.24, 2.45) is 0 Å². The van der Waals surface area contributed by atoms with Gasteiger partial charge in [0, 0.05) is 50.3 Å². The van der Waals surface area contributed by atoms with Crippen LogP contribution in [-0.4, -0.2) is 40.9 Å². The van der Waals surface area contributed by atoms with Crippen molar-refractivity contribution in [1.82, 2.24) is 9.88 Å². The zero-order chi connectivity index (χ0) is 17.6.